The second-order valence-electron chi connectivity index (χ2n) is 7.71. The molecule has 1 atom stereocenters. The van der Waals surface area contributed by atoms with E-state index in [4.69, 9.17) is 4.74 Å². The largest absolute Gasteiger partial charge is 0.376 e. The number of H-pyrrole nitrogens is 1. The van der Waals surface area contributed by atoms with E-state index in [1.165, 1.54) is 19.3 Å². The first kappa shape index (κ1) is 18.2. The van der Waals surface area contributed by atoms with Gasteiger partial charge < -0.3 is 9.64 Å². The van der Waals surface area contributed by atoms with Crippen LogP contribution in [0.3, 0.4) is 0 Å². The third-order valence-corrected chi connectivity index (χ3v) is 5.77. The lowest BCUT2D eigenvalue weighted by molar-refractivity contribution is 0.0506. The fraction of sp³-hybridized carbons (Fsp3) is 0.571. The van der Waals surface area contributed by atoms with Crippen LogP contribution < -0.4 is 0 Å². The molecule has 1 saturated carbocycles. The first-order valence-electron chi connectivity index (χ1n) is 10.1. The third kappa shape index (κ3) is 4.38. The average molecular weight is 368 g/mol. The molecule has 0 aromatic carbocycles. The van der Waals surface area contributed by atoms with E-state index in [1.54, 1.807) is 18.6 Å². The quantitative estimate of drug-likeness (QED) is 0.844. The zero-order valence-corrected chi connectivity index (χ0v) is 15.8. The average Bonchev–Trinajstić information content (AvgIpc) is 3.40. The molecular formula is C21H28N4O2. The highest BCUT2D eigenvalue weighted by Crippen LogP contribution is 2.33. The van der Waals surface area contributed by atoms with Crippen LogP contribution in [-0.4, -0.2) is 45.2 Å². The van der Waals surface area contributed by atoms with Crippen molar-refractivity contribution < 1.29 is 9.53 Å². The van der Waals surface area contributed by atoms with Gasteiger partial charge in [-0.05, 0) is 43.4 Å². The number of aromatic nitrogens is 3. The topological polar surface area (TPSA) is 71.1 Å². The molecule has 27 heavy (non-hydrogen) atoms. The summed E-state index contributed by atoms with van der Waals surface area (Å²) in [5.41, 5.74) is 2.83. The van der Waals surface area contributed by atoms with Gasteiger partial charge in [0.15, 0.2) is 0 Å². The van der Waals surface area contributed by atoms with E-state index in [1.807, 2.05) is 17.0 Å². The number of nitrogens with one attached hydrogen (secondary N) is 1. The fourth-order valence-electron chi connectivity index (χ4n) is 4.30. The molecule has 0 spiro atoms. The predicted molar refractivity (Wildman–Crippen MR) is 102 cm³/mol. The maximum atomic E-state index is 13.5. The van der Waals surface area contributed by atoms with Crippen LogP contribution in [0.25, 0.3) is 0 Å². The van der Waals surface area contributed by atoms with Crippen molar-refractivity contribution in [3.63, 3.8) is 0 Å². The Hall–Kier alpha value is -2.21. The Morgan fingerprint density at radius 2 is 1.96 bits per heavy atom. The molecule has 1 amide bonds. The number of rotatable bonds is 6. The highest BCUT2D eigenvalue weighted by molar-refractivity contribution is 5.95. The second kappa shape index (κ2) is 8.65. The van der Waals surface area contributed by atoms with Gasteiger partial charge in [-0.15, -0.1) is 0 Å². The molecule has 1 N–H and O–H groups in total. The second-order valence-corrected chi connectivity index (χ2v) is 7.71. The van der Waals surface area contributed by atoms with Crippen LogP contribution >= 0.6 is 0 Å². The number of carbonyl (C=O) groups excluding carboxylic acids is 1. The molecule has 2 aromatic heterocycles. The maximum absolute atomic E-state index is 13.5. The summed E-state index contributed by atoms with van der Waals surface area (Å²) >= 11 is 0. The molecule has 2 fully saturated rings. The predicted octanol–water partition coefficient (Wildman–Crippen LogP) is 3.67. The Morgan fingerprint density at radius 1 is 1.15 bits per heavy atom. The molecule has 1 aliphatic carbocycles. The van der Waals surface area contributed by atoms with Crippen LogP contribution in [0, 0.1) is 0 Å². The van der Waals surface area contributed by atoms with Gasteiger partial charge in [0.05, 0.1) is 23.6 Å². The van der Waals surface area contributed by atoms with Gasteiger partial charge >= 0.3 is 0 Å². The number of amides is 1. The van der Waals surface area contributed by atoms with Crippen molar-refractivity contribution >= 4 is 5.91 Å². The van der Waals surface area contributed by atoms with Crippen LogP contribution in [0.15, 0.2) is 30.7 Å². The van der Waals surface area contributed by atoms with E-state index >= 15 is 0 Å². The number of nitrogens with zero attached hydrogens (tertiary/aromatic N) is 3. The van der Waals surface area contributed by atoms with Gasteiger partial charge in [0, 0.05) is 38.0 Å². The van der Waals surface area contributed by atoms with Crippen LogP contribution in [-0.2, 0) is 11.3 Å². The van der Waals surface area contributed by atoms with Crippen LogP contribution in [0.1, 0.15) is 72.5 Å². The summed E-state index contributed by atoms with van der Waals surface area (Å²) in [6.07, 6.45) is 13.5. The fourth-order valence-corrected chi connectivity index (χ4v) is 4.30. The molecule has 2 aliphatic rings. The summed E-state index contributed by atoms with van der Waals surface area (Å²) in [6, 6.07) is 3.93. The van der Waals surface area contributed by atoms with Gasteiger partial charge in [-0.3, -0.25) is 14.9 Å². The number of hydrogen-bond donors (Lipinski definition) is 1. The Balaban J connectivity index is 1.55. The van der Waals surface area contributed by atoms with Crippen LogP contribution in [0.5, 0.6) is 0 Å². The lowest BCUT2D eigenvalue weighted by Gasteiger charge is -2.27. The Labute approximate surface area is 160 Å². The van der Waals surface area contributed by atoms with E-state index in [0.29, 0.717) is 19.0 Å². The van der Waals surface area contributed by atoms with Crippen molar-refractivity contribution in [3.8, 4) is 0 Å². The molecular weight excluding hydrogens is 340 g/mol. The number of carbonyl (C=O) groups is 1. The molecule has 2 aromatic rings. The van der Waals surface area contributed by atoms with Crippen molar-refractivity contribution in [2.24, 2.45) is 0 Å². The van der Waals surface area contributed by atoms with Crippen molar-refractivity contribution in [2.75, 3.05) is 13.2 Å². The van der Waals surface area contributed by atoms with Gasteiger partial charge in [0.25, 0.3) is 5.91 Å². The Bertz CT molecular complexity index is 734. The maximum Gasteiger partial charge on any atom is 0.257 e. The van der Waals surface area contributed by atoms with Crippen molar-refractivity contribution in [1.82, 2.24) is 20.1 Å². The van der Waals surface area contributed by atoms with Gasteiger partial charge in [-0.2, -0.15) is 5.10 Å². The summed E-state index contributed by atoms with van der Waals surface area (Å²) in [5.74, 6) is 0.474. The molecule has 144 valence electrons. The summed E-state index contributed by atoms with van der Waals surface area (Å²) in [5, 5.41) is 7.36. The molecule has 0 radical (unpaired) electrons. The van der Waals surface area contributed by atoms with Crippen LogP contribution in [0.2, 0.25) is 0 Å². The molecule has 0 bridgehead atoms. The molecule has 1 unspecified atom stereocenters. The SMILES string of the molecule is O=C(c1cn[nH]c1C1CCCCC1)N(Cc1ccncc1)CC1CCCO1. The van der Waals surface area contributed by atoms with E-state index in [9.17, 15) is 4.79 Å². The Morgan fingerprint density at radius 3 is 2.70 bits per heavy atom. The number of hydrogen-bond acceptors (Lipinski definition) is 4. The van der Waals surface area contributed by atoms with E-state index in [0.717, 1.165) is 49.1 Å². The minimum atomic E-state index is 0.0524. The summed E-state index contributed by atoms with van der Waals surface area (Å²) in [7, 11) is 0. The summed E-state index contributed by atoms with van der Waals surface area (Å²) < 4.78 is 5.81. The monoisotopic (exact) mass is 368 g/mol. The van der Waals surface area contributed by atoms with Crippen molar-refractivity contribution in [1.29, 1.82) is 0 Å². The molecule has 3 heterocycles. The van der Waals surface area contributed by atoms with Gasteiger partial charge in [-0.1, -0.05) is 19.3 Å². The molecule has 4 rings (SSSR count). The number of ether oxygens (including phenoxy) is 1. The lowest BCUT2D eigenvalue weighted by atomic mass is 9.85. The first-order chi connectivity index (χ1) is 13.3. The summed E-state index contributed by atoms with van der Waals surface area (Å²) in [6.45, 7) is 1.98. The number of aromatic amines is 1. The highest BCUT2D eigenvalue weighted by atomic mass is 16.5. The van der Waals surface area contributed by atoms with E-state index in [2.05, 4.69) is 15.2 Å². The van der Waals surface area contributed by atoms with E-state index in [-0.39, 0.29) is 12.0 Å². The van der Waals surface area contributed by atoms with Gasteiger partial charge in [-0.25, -0.2) is 0 Å². The molecule has 6 nitrogen and oxygen atoms in total. The van der Waals surface area contributed by atoms with Crippen LogP contribution in [0.4, 0.5) is 0 Å². The number of pyridine rings is 1. The lowest BCUT2D eigenvalue weighted by Crippen LogP contribution is -2.37. The zero-order chi connectivity index (χ0) is 18.5. The van der Waals surface area contributed by atoms with E-state index < -0.39 is 0 Å². The van der Waals surface area contributed by atoms with Crippen molar-refractivity contribution in [3.05, 3.63) is 47.5 Å². The molecule has 1 saturated heterocycles. The zero-order valence-electron chi connectivity index (χ0n) is 15.8. The third-order valence-electron chi connectivity index (χ3n) is 5.77. The summed E-state index contributed by atoms with van der Waals surface area (Å²) in [4.78, 5) is 19.5. The first-order valence-corrected chi connectivity index (χ1v) is 10.1. The van der Waals surface area contributed by atoms with Gasteiger partial charge in [0.1, 0.15) is 0 Å². The normalized spacial score (nSPS) is 20.7. The molecule has 1 aliphatic heterocycles. The standard InChI is InChI=1S/C21H28N4O2/c26-21(19-13-23-24-20(19)17-5-2-1-3-6-17)25(15-18-7-4-12-27-18)14-16-8-10-22-11-9-16/h8-11,13,17-18H,1-7,12,14-15H2,(H,23,24). The smallest absolute Gasteiger partial charge is 0.257 e. The minimum Gasteiger partial charge on any atom is -0.376 e. The van der Waals surface area contributed by atoms with Crippen molar-refractivity contribution in [2.45, 2.75) is 63.5 Å². The minimum absolute atomic E-state index is 0.0524. The molecule has 6 heteroatoms. The highest BCUT2D eigenvalue weighted by Gasteiger charge is 2.28. The Kier molecular flexibility index (Phi) is 5.82. The van der Waals surface area contributed by atoms with Gasteiger partial charge in [0.2, 0.25) is 0 Å².